The zero-order valence-electron chi connectivity index (χ0n) is 12.7. The minimum atomic E-state index is 0.0558. The summed E-state index contributed by atoms with van der Waals surface area (Å²) in [5, 5.41) is 0. The average Bonchev–Trinajstić information content (AvgIpc) is 2.38. The number of unbranched alkanes of at least 4 members (excludes halogenated alkanes) is 1. The predicted octanol–water partition coefficient (Wildman–Crippen LogP) is 3.13. The van der Waals surface area contributed by atoms with Crippen LogP contribution in [0.4, 0.5) is 0 Å². The lowest BCUT2D eigenvalue weighted by Crippen LogP contribution is -2.39. The van der Waals surface area contributed by atoms with E-state index >= 15 is 0 Å². The van der Waals surface area contributed by atoms with Crippen LogP contribution in [0.3, 0.4) is 0 Å². The monoisotopic (exact) mass is 263 g/mol. The van der Waals surface area contributed by atoms with Gasteiger partial charge in [-0.25, -0.2) is 9.97 Å². The second-order valence-corrected chi connectivity index (χ2v) is 5.03. The molecule has 1 amide bonds. The van der Waals surface area contributed by atoms with Crippen LogP contribution in [0.5, 0.6) is 0 Å². The Bertz CT molecular complexity index is 431. The second-order valence-electron chi connectivity index (χ2n) is 5.03. The molecule has 0 aliphatic rings. The van der Waals surface area contributed by atoms with Crippen molar-refractivity contribution in [3.05, 3.63) is 23.3 Å². The molecule has 1 aromatic rings. The molecule has 0 fully saturated rings. The fraction of sp³-hybridized carbons (Fsp3) is 0.667. The van der Waals surface area contributed by atoms with Gasteiger partial charge in [-0.15, -0.1) is 0 Å². The van der Waals surface area contributed by atoms with Crippen molar-refractivity contribution in [3.63, 3.8) is 0 Å². The summed E-state index contributed by atoms with van der Waals surface area (Å²) in [6.07, 6.45) is 4.73. The molecule has 0 aliphatic carbocycles. The number of amides is 1. The summed E-state index contributed by atoms with van der Waals surface area (Å²) in [7, 11) is 0. The molecular formula is C15H25N3O. The van der Waals surface area contributed by atoms with Crippen LogP contribution < -0.4 is 0 Å². The molecule has 1 atom stereocenters. The zero-order valence-corrected chi connectivity index (χ0v) is 12.7. The van der Waals surface area contributed by atoms with Gasteiger partial charge in [-0.3, -0.25) is 4.79 Å². The van der Waals surface area contributed by atoms with Gasteiger partial charge in [0.2, 0.25) is 0 Å². The molecule has 0 unspecified atom stereocenters. The number of carbonyl (C=O) groups is 1. The molecular weight excluding hydrogens is 238 g/mol. The molecule has 0 saturated carbocycles. The number of rotatable bonds is 6. The fourth-order valence-electron chi connectivity index (χ4n) is 2.02. The van der Waals surface area contributed by atoms with Gasteiger partial charge in [-0.2, -0.15) is 0 Å². The molecule has 0 bridgehead atoms. The molecule has 0 N–H and O–H groups in total. The summed E-state index contributed by atoms with van der Waals surface area (Å²) in [5.74, 6) is 0.762. The molecule has 0 saturated heterocycles. The topological polar surface area (TPSA) is 46.1 Å². The lowest BCUT2D eigenvalue weighted by molar-refractivity contribution is 0.0683. The quantitative estimate of drug-likeness (QED) is 0.792. The van der Waals surface area contributed by atoms with E-state index in [0.29, 0.717) is 11.4 Å². The summed E-state index contributed by atoms with van der Waals surface area (Å²) < 4.78 is 0. The number of aromatic nitrogens is 2. The largest absolute Gasteiger partial charge is 0.336 e. The van der Waals surface area contributed by atoms with Crippen LogP contribution in [0.1, 0.15) is 61.9 Å². The Kier molecular flexibility index (Phi) is 5.93. The minimum absolute atomic E-state index is 0.0558. The van der Waals surface area contributed by atoms with Gasteiger partial charge in [0.05, 0.1) is 11.3 Å². The van der Waals surface area contributed by atoms with Crippen LogP contribution in [-0.4, -0.2) is 33.4 Å². The standard InChI is InChI=1S/C15H25N3O/c1-6-8-9-18(11(3)7-2)15(19)14-10-16-13(5)17-12(14)4/h10-11H,6-9H2,1-5H3/t11-/m0/s1. The Morgan fingerprint density at radius 1 is 1.37 bits per heavy atom. The van der Waals surface area contributed by atoms with Gasteiger partial charge in [0, 0.05) is 18.8 Å². The molecule has 1 aromatic heterocycles. The van der Waals surface area contributed by atoms with Gasteiger partial charge >= 0.3 is 0 Å². The highest BCUT2D eigenvalue weighted by Gasteiger charge is 2.22. The van der Waals surface area contributed by atoms with Gasteiger partial charge in [0.25, 0.3) is 5.91 Å². The van der Waals surface area contributed by atoms with Crippen molar-refractivity contribution in [2.75, 3.05) is 6.54 Å². The average molecular weight is 263 g/mol. The highest BCUT2D eigenvalue weighted by molar-refractivity contribution is 5.95. The minimum Gasteiger partial charge on any atom is -0.336 e. The van der Waals surface area contributed by atoms with Gasteiger partial charge in [-0.1, -0.05) is 20.3 Å². The molecule has 0 aliphatic heterocycles. The third-order valence-electron chi connectivity index (χ3n) is 3.47. The van der Waals surface area contributed by atoms with Crippen molar-refractivity contribution >= 4 is 5.91 Å². The van der Waals surface area contributed by atoms with Crippen molar-refractivity contribution < 1.29 is 4.79 Å². The van der Waals surface area contributed by atoms with Crippen LogP contribution in [0.25, 0.3) is 0 Å². The Morgan fingerprint density at radius 2 is 2.05 bits per heavy atom. The van der Waals surface area contributed by atoms with Crippen LogP contribution in [-0.2, 0) is 0 Å². The first-order chi connectivity index (χ1) is 9.01. The van der Waals surface area contributed by atoms with Gasteiger partial charge in [0.15, 0.2) is 0 Å². The maximum absolute atomic E-state index is 12.6. The number of hydrogen-bond acceptors (Lipinski definition) is 3. The normalized spacial score (nSPS) is 12.3. The van der Waals surface area contributed by atoms with Crippen molar-refractivity contribution in [1.29, 1.82) is 0 Å². The Hall–Kier alpha value is -1.45. The van der Waals surface area contributed by atoms with E-state index in [0.717, 1.165) is 31.5 Å². The van der Waals surface area contributed by atoms with E-state index in [9.17, 15) is 4.79 Å². The Labute approximate surface area is 116 Å². The second kappa shape index (κ2) is 7.22. The van der Waals surface area contributed by atoms with Crippen LogP contribution in [0.15, 0.2) is 6.20 Å². The van der Waals surface area contributed by atoms with Gasteiger partial charge < -0.3 is 4.90 Å². The van der Waals surface area contributed by atoms with Crippen LogP contribution in [0, 0.1) is 13.8 Å². The van der Waals surface area contributed by atoms with Crippen LogP contribution in [0.2, 0.25) is 0 Å². The first-order valence-electron chi connectivity index (χ1n) is 7.12. The lowest BCUT2D eigenvalue weighted by Gasteiger charge is -2.29. The molecule has 4 heteroatoms. The summed E-state index contributed by atoms with van der Waals surface area (Å²) in [6.45, 7) is 10.9. The molecule has 19 heavy (non-hydrogen) atoms. The van der Waals surface area contributed by atoms with Gasteiger partial charge in [0.1, 0.15) is 5.82 Å². The Morgan fingerprint density at radius 3 is 2.58 bits per heavy atom. The zero-order chi connectivity index (χ0) is 14.4. The molecule has 0 spiro atoms. The number of hydrogen-bond donors (Lipinski definition) is 0. The summed E-state index contributed by atoms with van der Waals surface area (Å²) in [6, 6.07) is 0.250. The lowest BCUT2D eigenvalue weighted by atomic mass is 10.1. The summed E-state index contributed by atoms with van der Waals surface area (Å²) >= 11 is 0. The van der Waals surface area contributed by atoms with E-state index < -0.39 is 0 Å². The Balaban J connectivity index is 2.97. The number of nitrogens with zero attached hydrogens (tertiary/aromatic N) is 3. The van der Waals surface area contributed by atoms with E-state index in [-0.39, 0.29) is 11.9 Å². The highest BCUT2D eigenvalue weighted by atomic mass is 16.2. The third kappa shape index (κ3) is 4.01. The van der Waals surface area contributed by atoms with Crippen molar-refractivity contribution in [2.24, 2.45) is 0 Å². The molecule has 4 nitrogen and oxygen atoms in total. The van der Waals surface area contributed by atoms with E-state index in [1.807, 2.05) is 18.7 Å². The van der Waals surface area contributed by atoms with E-state index in [2.05, 4.69) is 30.7 Å². The summed E-state index contributed by atoms with van der Waals surface area (Å²) in [5.41, 5.74) is 1.39. The number of carbonyl (C=O) groups excluding carboxylic acids is 1. The number of aryl methyl sites for hydroxylation is 2. The molecule has 0 radical (unpaired) electrons. The first kappa shape index (κ1) is 15.6. The van der Waals surface area contributed by atoms with Crippen molar-refractivity contribution in [1.82, 2.24) is 14.9 Å². The van der Waals surface area contributed by atoms with E-state index in [1.54, 1.807) is 6.20 Å². The molecule has 1 rings (SSSR count). The van der Waals surface area contributed by atoms with Crippen LogP contribution >= 0.6 is 0 Å². The van der Waals surface area contributed by atoms with E-state index in [4.69, 9.17) is 0 Å². The molecule has 0 aromatic carbocycles. The highest BCUT2D eigenvalue weighted by Crippen LogP contribution is 2.13. The fourth-order valence-corrected chi connectivity index (χ4v) is 2.02. The SMILES string of the molecule is CCCCN(C(=O)c1cnc(C)nc1C)[C@@H](C)CC. The first-order valence-corrected chi connectivity index (χ1v) is 7.12. The van der Waals surface area contributed by atoms with Crippen molar-refractivity contribution in [2.45, 2.75) is 59.9 Å². The summed E-state index contributed by atoms with van der Waals surface area (Å²) in [4.78, 5) is 23.0. The molecule has 106 valence electrons. The smallest absolute Gasteiger partial charge is 0.257 e. The maximum Gasteiger partial charge on any atom is 0.257 e. The third-order valence-corrected chi connectivity index (χ3v) is 3.47. The maximum atomic E-state index is 12.6. The van der Waals surface area contributed by atoms with E-state index in [1.165, 1.54) is 0 Å². The van der Waals surface area contributed by atoms with Crippen molar-refractivity contribution in [3.8, 4) is 0 Å². The predicted molar refractivity (Wildman–Crippen MR) is 77.2 cm³/mol. The molecule has 1 heterocycles. The van der Waals surface area contributed by atoms with Gasteiger partial charge in [-0.05, 0) is 33.6 Å².